The van der Waals surface area contributed by atoms with Gasteiger partial charge < -0.3 is 15.5 Å². The van der Waals surface area contributed by atoms with Gasteiger partial charge in [-0.05, 0) is 43.5 Å². The van der Waals surface area contributed by atoms with Gasteiger partial charge in [0.15, 0.2) is 0 Å². The number of aliphatic carboxylic acids is 2. The molecule has 1 atom stereocenters. The van der Waals surface area contributed by atoms with Crippen LogP contribution < -0.4 is 5.32 Å². The fourth-order valence-corrected chi connectivity index (χ4v) is 2.44. The average molecular weight is 406 g/mol. The van der Waals surface area contributed by atoms with Crippen molar-refractivity contribution in [3.05, 3.63) is 29.8 Å². The summed E-state index contributed by atoms with van der Waals surface area (Å²) in [5.41, 5.74) is 0.847. The van der Waals surface area contributed by atoms with E-state index >= 15 is 0 Å². The summed E-state index contributed by atoms with van der Waals surface area (Å²) < 4.78 is 0. The Morgan fingerprint density at radius 2 is 1.62 bits per heavy atom. The molecule has 0 bridgehead atoms. The van der Waals surface area contributed by atoms with Gasteiger partial charge in [0.25, 0.3) is 5.91 Å². The number of carboxylic acids is 2. The third-order valence-corrected chi connectivity index (χ3v) is 4.21. The zero-order valence-corrected chi connectivity index (χ0v) is 17.0. The monoisotopic (exact) mass is 406 g/mol. The van der Waals surface area contributed by atoms with Crippen LogP contribution in [0.25, 0.3) is 0 Å². The number of amides is 1. The van der Waals surface area contributed by atoms with E-state index in [0.717, 1.165) is 38.8 Å². The zero-order chi connectivity index (χ0) is 21.6. The topological polar surface area (TPSA) is 132 Å². The molecule has 0 saturated heterocycles. The predicted molar refractivity (Wildman–Crippen MR) is 108 cm³/mol. The third kappa shape index (κ3) is 9.68. The van der Waals surface area contributed by atoms with Crippen molar-refractivity contribution in [3.63, 3.8) is 0 Å². The van der Waals surface area contributed by atoms with Crippen LogP contribution in [0.1, 0.15) is 62.7 Å². The largest absolute Gasteiger partial charge is 0.481 e. The van der Waals surface area contributed by atoms with Gasteiger partial charge in [0.2, 0.25) is 0 Å². The second kappa shape index (κ2) is 13.2. The van der Waals surface area contributed by atoms with Gasteiger partial charge >= 0.3 is 11.9 Å². The molecule has 0 aliphatic heterocycles. The lowest BCUT2D eigenvalue weighted by atomic mass is 10.1. The molecular formula is C20H30N4O5. The van der Waals surface area contributed by atoms with E-state index in [2.05, 4.69) is 29.5 Å². The van der Waals surface area contributed by atoms with Gasteiger partial charge in [-0.15, -0.1) is 5.11 Å². The van der Waals surface area contributed by atoms with Crippen molar-refractivity contribution in [2.24, 2.45) is 10.3 Å². The first-order valence-corrected chi connectivity index (χ1v) is 9.89. The molecule has 0 heterocycles. The minimum absolute atomic E-state index is 0.186. The van der Waals surface area contributed by atoms with Crippen molar-refractivity contribution in [1.29, 1.82) is 0 Å². The number of nitrogens with zero attached hydrogens (tertiary/aromatic N) is 3. The summed E-state index contributed by atoms with van der Waals surface area (Å²) >= 11 is 0. The van der Waals surface area contributed by atoms with Crippen LogP contribution >= 0.6 is 0 Å². The molecule has 1 rings (SSSR count). The van der Waals surface area contributed by atoms with E-state index < -0.39 is 23.9 Å². The Morgan fingerprint density at radius 1 is 1.03 bits per heavy atom. The van der Waals surface area contributed by atoms with Gasteiger partial charge in [0.05, 0.1) is 5.69 Å². The fourth-order valence-electron chi connectivity index (χ4n) is 2.44. The number of rotatable bonds is 14. The van der Waals surface area contributed by atoms with Crippen LogP contribution in [-0.4, -0.2) is 52.2 Å². The van der Waals surface area contributed by atoms with E-state index in [-0.39, 0.29) is 18.4 Å². The average Bonchev–Trinajstić information content (AvgIpc) is 2.70. The molecule has 29 heavy (non-hydrogen) atoms. The first-order valence-electron chi connectivity index (χ1n) is 9.89. The molecule has 0 aliphatic carbocycles. The Hall–Kier alpha value is -2.97. The second-order valence-electron chi connectivity index (χ2n) is 6.69. The molecule has 1 aromatic rings. The van der Waals surface area contributed by atoms with Crippen molar-refractivity contribution in [3.8, 4) is 0 Å². The highest BCUT2D eigenvalue weighted by Crippen LogP contribution is 2.15. The summed E-state index contributed by atoms with van der Waals surface area (Å²) in [5, 5.41) is 30.6. The number of hydrogen-bond donors (Lipinski definition) is 3. The maximum Gasteiger partial charge on any atom is 0.326 e. The number of carbonyl (C=O) groups is 3. The first-order chi connectivity index (χ1) is 13.9. The molecular weight excluding hydrogens is 376 g/mol. The van der Waals surface area contributed by atoms with E-state index in [0.29, 0.717) is 5.69 Å². The summed E-state index contributed by atoms with van der Waals surface area (Å²) in [7, 11) is 0. The number of carboxylic acid groups (broad SMARTS) is 2. The Balaban J connectivity index is 2.71. The molecule has 160 valence electrons. The number of nitrogens with one attached hydrogen (secondary N) is 1. The van der Waals surface area contributed by atoms with E-state index in [1.54, 1.807) is 12.1 Å². The van der Waals surface area contributed by atoms with Gasteiger partial charge in [-0.25, -0.2) is 4.79 Å². The molecule has 3 N–H and O–H groups in total. The fraction of sp³-hybridized carbons (Fsp3) is 0.550. The smallest absolute Gasteiger partial charge is 0.326 e. The number of unbranched alkanes of at least 4 members (excludes halogenated alkanes) is 2. The van der Waals surface area contributed by atoms with Crippen molar-refractivity contribution in [1.82, 2.24) is 10.3 Å². The van der Waals surface area contributed by atoms with Crippen LogP contribution in [0, 0.1) is 0 Å². The highest BCUT2D eigenvalue weighted by molar-refractivity contribution is 5.96. The standard InChI is InChI=1S/C20H30N4O5/c1-3-5-13-24(14-6-4-2)23-22-16-9-7-15(8-10-16)19(27)21-17(20(28)29)11-12-18(25)26/h7-10,17H,3-6,11-14H2,1-2H3,(H,21,27)(H,25,26)(H,28,29)/t17-/m0/s1. The Kier molecular flexibility index (Phi) is 11.0. The number of benzene rings is 1. The molecule has 0 saturated carbocycles. The van der Waals surface area contributed by atoms with E-state index in [9.17, 15) is 14.4 Å². The zero-order valence-electron chi connectivity index (χ0n) is 17.0. The maximum absolute atomic E-state index is 12.2. The molecule has 0 radical (unpaired) electrons. The van der Waals surface area contributed by atoms with Gasteiger partial charge in [-0.1, -0.05) is 31.9 Å². The summed E-state index contributed by atoms with van der Waals surface area (Å²) in [6.45, 7) is 5.92. The molecule has 1 aromatic carbocycles. The molecule has 0 spiro atoms. The van der Waals surface area contributed by atoms with E-state index in [1.165, 1.54) is 12.1 Å². The number of hydrogen-bond acceptors (Lipinski definition) is 5. The van der Waals surface area contributed by atoms with Gasteiger partial charge in [0, 0.05) is 25.1 Å². The summed E-state index contributed by atoms with van der Waals surface area (Å²) in [4.78, 5) is 34.0. The molecule has 9 heteroatoms. The lowest BCUT2D eigenvalue weighted by Crippen LogP contribution is -2.41. The first kappa shape index (κ1) is 24.1. The van der Waals surface area contributed by atoms with Crippen molar-refractivity contribution in [2.45, 2.75) is 58.4 Å². The van der Waals surface area contributed by atoms with Gasteiger partial charge in [-0.3, -0.25) is 14.6 Å². The Bertz CT molecular complexity index is 683. The molecule has 0 aliphatic rings. The maximum atomic E-state index is 12.2. The Morgan fingerprint density at radius 3 is 2.10 bits per heavy atom. The molecule has 9 nitrogen and oxygen atoms in total. The molecule has 0 aromatic heterocycles. The second-order valence-corrected chi connectivity index (χ2v) is 6.69. The van der Waals surface area contributed by atoms with Crippen molar-refractivity contribution >= 4 is 23.5 Å². The highest BCUT2D eigenvalue weighted by Gasteiger charge is 2.21. The normalized spacial score (nSPS) is 11.9. The van der Waals surface area contributed by atoms with Gasteiger partial charge in [-0.2, -0.15) is 0 Å². The summed E-state index contributed by atoms with van der Waals surface area (Å²) in [6.07, 6.45) is 3.69. The SMILES string of the molecule is CCCCN(CCCC)N=Nc1ccc(C(=O)N[C@@H](CCC(=O)O)C(=O)O)cc1. The van der Waals surface area contributed by atoms with Crippen LogP contribution in [0.5, 0.6) is 0 Å². The Labute approximate surface area is 170 Å². The van der Waals surface area contributed by atoms with Crippen LogP contribution in [0.3, 0.4) is 0 Å². The minimum Gasteiger partial charge on any atom is -0.481 e. The van der Waals surface area contributed by atoms with Crippen LogP contribution in [0.2, 0.25) is 0 Å². The minimum atomic E-state index is -1.27. The quantitative estimate of drug-likeness (QED) is 0.319. The highest BCUT2D eigenvalue weighted by atomic mass is 16.4. The predicted octanol–water partition coefficient (Wildman–Crippen LogP) is 3.64. The van der Waals surface area contributed by atoms with Gasteiger partial charge in [0.1, 0.15) is 6.04 Å². The number of carbonyl (C=O) groups excluding carboxylic acids is 1. The molecule has 0 unspecified atom stereocenters. The van der Waals surface area contributed by atoms with Crippen LogP contribution in [0.4, 0.5) is 5.69 Å². The summed E-state index contributed by atoms with van der Waals surface area (Å²) in [6, 6.07) is 5.06. The molecule has 1 amide bonds. The lowest BCUT2D eigenvalue weighted by molar-refractivity contribution is -0.140. The van der Waals surface area contributed by atoms with E-state index in [4.69, 9.17) is 10.2 Å². The van der Waals surface area contributed by atoms with Crippen molar-refractivity contribution < 1.29 is 24.6 Å². The van der Waals surface area contributed by atoms with Crippen molar-refractivity contribution in [2.75, 3.05) is 13.1 Å². The van der Waals surface area contributed by atoms with E-state index in [1.807, 2.05) is 5.01 Å². The van der Waals surface area contributed by atoms with Crippen LogP contribution in [-0.2, 0) is 9.59 Å². The lowest BCUT2D eigenvalue weighted by Gasteiger charge is -2.16. The third-order valence-electron chi connectivity index (χ3n) is 4.21. The van der Waals surface area contributed by atoms with Crippen LogP contribution in [0.15, 0.2) is 34.6 Å². The summed E-state index contributed by atoms with van der Waals surface area (Å²) in [5.74, 6) is -2.98. The molecule has 0 fully saturated rings.